The van der Waals surface area contributed by atoms with Gasteiger partial charge in [0.25, 0.3) is 0 Å². The molecule has 0 aromatic carbocycles. The molecule has 0 saturated carbocycles. The van der Waals surface area contributed by atoms with Crippen molar-refractivity contribution in [2.75, 3.05) is 7.11 Å². The van der Waals surface area contributed by atoms with E-state index < -0.39 is 11.8 Å². The van der Waals surface area contributed by atoms with Crippen LogP contribution in [0.4, 0.5) is 4.39 Å². The summed E-state index contributed by atoms with van der Waals surface area (Å²) in [7, 11) is 1.25. The fourth-order valence-corrected chi connectivity index (χ4v) is 1.07. The summed E-state index contributed by atoms with van der Waals surface area (Å²) in [5.41, 5.74) is 0. The average molecular weight is 159 g/mol. The van der Waals surface area contributed by atoms with Crippen molar-refractivity contribution >= 4 is 17.3 Å². The third-order valence-corrected chi connectivity index (χ3v) is 1.70. The number of methoxy groups -OCH3 is 1. The van der Waals surface area contributed by atoms with Crippen LogP contribution in [0.2, 0.25) is 0 Å². The summed E-state index contributed by atoms with van der Waals surface area (Å²) >= 11 is 0.908. The quantitative estimate of drug-likeness (QED) is 0.580. The number of rotatable bonds is 1. The van der Waals surface area contributed by atoms with Gasteiger partial charge in [-0.05, 0) is 6.07 Å². The zero-order chi connectivity index (χ0) is 7.56. The lowest BCUT2D eigenvalue weighted by Crippen LogP contribution is -1.96. The minimum atomic E-state index is -0.523. The van der Waals surface area contributed by atoms with E-state index in [1.807, 2.05) is 0 Å². The van der Waals surface area contributed by atoms with Crippen molar-refractivity contribution < 1.29 is 13.9 Å². The van der Waals surface area contributed by atoms with Gasteiger partial charge in [-0.2, -0.15) is 0 Å². The first-order chi connectivity index (χ1) is 4.74. The van der Waals surface area contributed by atoms with Gasteiger partial charge in [0, 0.05) is 0 Å². The molecule has 0 N–H and O–H groups in total. The van der Waals surface area contributed by atoms with Crippen LogP contribution >= 0.6 is 11.3 Å². The van der Waals surface area contributed by atoms with E-state index in [0.717, 1.165) is 17.4 Å². The molecular weight excluding hydrogens is 155 g/mol. The number of hydrogen-bond acceptors (Lipinski definition) is 3. The fraction of sp³-hybridized carbons (Fsp3) is 0.167. The van der Waals surface area contributed by atoms with Gasteiger partial charge in [-0.15, -0.1) is 11.3 Å². The molecule has 0 fully saturated rings. The molecule has 1 heterocycles. The molecule has 0 aliphatic carbocycles. The lowest BCUT2D eigenvalue weighted by atomic mass is 10.5. The Balaban J connectivity index is 2.85. The molecular formula is C6H4FO2S. The molecule has 0 aliphatic heterocycles. The van der Waals surface area contributed by atoms with Crippen LogP contribution in [0.25, 0.3) is 0 Å². The molecule has 0 unspecified atom stereocenters. The normalized spacial score (nSPS) is 9.40. The van der Waals surface area contributed by atoms with E-state index in [2.05, 4.69) is 10.1 Å². The van der Waals surface area contributed by atoms with E-state index in [4.69, 9.17) is 0 Å². The summed E-state index contributed by atoms with van der Waals surface area (Å²) in [5, 5.41) is 2.26. The monoisotopic (exact) mass is 159 g/mol. The first-order valence-electron chi connectivity index (χ1n) is 2.49. The van der Waals surface area contributed by atoms with E-state index in [9.17, 15) is 9.18 Å². The van der Waals surface area contributed by atoms with E-state index in [0.29, 0.717) is 0 Å². The average Bonchev–Trinajstić information content (AvgIpc) is 2.34. The Morgan fingerprint density at radius 3 is 3.00 bits per heavy atom. The molecule has 2 nitrogen and oxygen atoms in total. The molecule has 0 saturated heterocycles. The van der Waals surface area contributed by atoms with Crippen LogP contribution in [0.3, 0.4) is 0 Å². The van der Waals surface area contributed by atoms with Gasteiger partial charge in [-0.25, -0.2) is 9.18 Å². The summed E-state index contributed by atoms with van der Waals surface area (Å²) in [5.74, 6) is -1.05. The molecule has 0 spiro atoms. The van der Waals surface area contributed by atoms with Crippen LogP contribution < -0.4 is 0 Å². The second-order valence-electron chi connectivity index (χ2n) is 1.55. The number of ether oxygens (including phenoxy) is 1. The Hall–Kier alpha value is -0.900. The second-order valence-corrected chi connectivity index (χ2v) is 2.40. The van der Waals surface area contributed by atoms with Gasteiger partial charge in [0.2, 0.25) is 0 Å². The summed E-state index contributed by atoms with van der Waals surface area (Å²) in [6.07, 6.45) is 0. The number of carbonyl (C=O) groups is 1. The summed E-state index contributed by atoms with van der Waals surface area (Å²) in [6.45, 7) is 0. The smallest absolute Gasteiger partial charge is 0.348 e. The summed E-state index contributed by atoms with van der Waals surface area (Å²) in [6, 6.07) is 1.09. The minimum Gasteiger partial charge on any atom is -0.465 e. The topological polar surface area (TPSA) is 26.3 Å². The van der Waals surface area contributed by atoms with E-state index >= 15 is 0 Å². The number of carbonyl (C=O) groups excluding carboxylic acids is 1. The predicted molar refractivity (Wildman–Crippen MR) is 34.5 cm³/mol. The van der Waals surface area contributed by atoms with Gasteiger partial charge >= 0.3 is 5.97 Å². The number of halogens is 1. The Bertz CT molecular complexity index is 244. The molecule has 1 aromatic rings. The molecule has 0 atom stereocenters. The van der Waals surface area contributed by atoms with Gasteiger partial charge in [0.05, 0.1) is 12.5 Å². The Kier molecular flexibility index (Phi) is 2.01. The summed E-state index contributed by atoms with van der Waals surface area (Å²) < 4.78 is 16.5. The highest BCUT2D eigenvalue weighted by molar-refractivity contribution is 7.11. The minimum absolute atomic E-state index is 0.236. The lowest BCUT2D eigenvalue weighted by Gasteiger charge is -1.90. The third kappa shape index (κ3) is 1.33. The molecule has 0 bridgehead atoms. The van der Waals surface area contributed by atoms with Crippen LogP contribution in [-0.2, 0) is 4.74 Å². The summed E-state index contributed by atoms with van der Waals surface area (Å²) in [4.78, 5) is 10.9. The van der Waals surface area contributed by atoms with Crippen LogP contribution in [0, 0.1) is 11.2 Å². The highest BCUT2D eigenvalue weighted by Crippen LogP contribution is 2.12. The molecule has 0 amide bonds. The zero-order valence-electron chi connectivity index (χ0n) is 5.18. The Morgan fingerprint density at radius 1 is 1.90 bits per heavy atom. The second kappa shape index (κ2) is 2.79. The van der Waals surface area contributed by atoms with E-state index in [1.165, 1.54) is 7.11 Å². The van der Waals surface area contributed by atoms with Crippen molar-refractivity contribution in [1.82, 2.24) is 0 Å². The Labute approximate surface area is 61.2 Å². The van der Waals surface area contributed by atoms with Crippen LogP contribution in [0.5, 0.6) is 0 Å². The van der Waals surface area contributed by atoms with Crippen molar-refractivity contribution in [1.29, 1.82) is 0 Å². The number of esters is 1. The maximum atomic E-state index is 12.2. The van der Waals surface area contributed by atoms with E-state index in [1.54, 1.807) is 0 Å². The van der Waals surface area contributed by atoms with Crippen LogP contribution in [0.15, 0.2) is 6.07 Å². The predicted octanol–water partition coefficient (Wildman–Crippen LogP) is 1.47. The maximum absolute atomic E-state index is 12.2. The molecule has 1 rings (SSSR count). The molecule has 53 valence electrons. The maximum Gasteiger partial charge on any atom is 0.348 e. The van der Waals surface area contributed by atoms with Crippen molar-refractivity contribution in [2.24, 2.45) is 0 Å². The van der Waals surface area contributed by atoms with Gasteiger partial charge in [0.1, 0.15) is 10.7 Å². The number of thiophene rings is 1. The van der Waals surface area contributed by atoms with Crippen molar-refractivity contribution in [3.8, 4) is 0 Å². The van der Waals surface area contributed by atoms with Gasteiger partial charge in [0.15, 0.2) is 0 Å². The first-order valence-corrected chi connectivity index (χ1v) is 3.31. The Morgan fingerprint density at radius 2 is 2.60 bits per heavy atom. The fourth-order valence-electron chi connectivity index (χ4n) is 0.479. The van der Waals surface area contributed by atoms with Crippen molar-refractivity contribution in [2.45, 2.75) is 0 Å². The lowest BCUT2D eigenvalue weighted by molar-refractivity contribution is 0.0606. The highest BCUT2D eigenvalue weighted by Gasteiger charge is 2.07. The molecule has 4 heteroatoms. The SMILES string of the molecule is COC(=O)c1cc(F)[c]s1. The van der Waals surface area contributed by atoms with Crippen molar-refractivity contribution in [3.63, 3.8) is 0 Å². The van der Waals surface area contributed by atoms with Crippen LogP contribution in [-0.4, -0.2) is 13.1 Å². The first kappa shape index (κ1) is 7.21. The van der Waals surface area contributed by atoms with Crippen molar-refractivity contribution in [3.05, 3.63) is 22.1 Å². The van der Waals surface area contributed by atoms with Gasteiger partial charge < -0.3 is 4.74 Å². The molecule has 10 heavy (non-hydrogen) atoms. The van der Waals surface area contributed by atoms with Crippen LogP contribution in [0.1, 0.15) is 9.67 Å². The van der Waals surface area contributed by atoms with Gasteiger partial charge in [-0.3, -0.25) is 0 Å². The molecule has 0 aliphatic rings. The van der Waals surface area contributed by atoms with Gasteiger partial charge in [-0.1, -0.05) is 0 Å². The molecule has 1 aromatic heterocycles. The molecule has 1 radical (unpaired) electrons. The van der Waals surface area contributed by atoms with E-state index in [-0.39, 0.29) is 4.88 Å². The zero-order valence-corrected chi connectivity index (χ0v) is 6.00. The standard InChI is InChI=1S/C6H4FO2S/c1-9-6(8)5-2-4(7)3-10-5/h2H,1H3. The largest absolute Gasteiger partial charge is 0.465 e. The number of hydrogen-bond donors (Lipinski definition) is 0. The highest BCUT2D eigenvalue weighted by atomic mass is 32.1. The third-order valence-electron chi connectivity index (χ3n) is 0.903.